The van der Waals surface area contributed by atoms with Crippen molar-refractivity contribution in [1.82, 2.24) is 10.2 Å². The smallest absolute Gasteiger partial charge is 0.00868 e. The molecule has 0 aromatic heterocycles. The van der Waals surface area contributed by atoms with Crippen LogP contribution in [0.5, 0.6) is 0 Å². The topological polar surface area (TPSA) is 15.3 Å². The van der Waals surface area contributed by atoms with Gasteiger partial charge in [0, 0.05) is 6.04 Å². The Labute approximate surface area is 108 Å². The second kappa shape index (κ2) is 7.38. The fourth-order valence-electron chi connectivity index (χ4n) is 2.72. The van der Waals surface area contributed by atoms with Gasteiger partial charge in [-0.3, -0.25) is 0 Å². The van der Waals surface area contributed by atoms with Gasteiger partial charge in [-0.2, -0.15) is 0 Å². The van der Waals surface area contributed by atoms with E-state index in [1.807, 2.05) is 0 Å². The molecule has 0 saturated carbocycles. The molecule has 0 aromatic carbocycles. The van der Waals surface area contributed by atoms with E-state index in [1.54, 1.807) is 0 Å². The van der Waals surface area contributed by atoms with Crippen molar-refractivity contribution in [2.75, 3.05) is 26.7 Å². The van der Waals surface area contributed by atoms with Crippen molar-refractivity contribution in [3.63, 3.8) is 0 Å². The quantitative estimate of drug-likeness (QED) is 0.768. The fraction of sp³-hybridized carbons (Fsp3) is 1.00. The summed E-state index contributed by atoms with van der Waals surface area (Å²) in [7, 11) is 2.27. The molecule has 0 amide bonds. The van der Waals surface area contributed by atoms with E-state index in [0.717, 1.165) is 17.8 Å². The molecule has 0 radical (unpaired) electrons. The molecule has 1 N–H and O–H groups in total. The van der Waals surface area contributed by atoms with Crippen LogP contribution in [0.2, 0.25) is 0 Å². The van der Waals surface area contributed by atoms with E-state index < -0.39 is 0 Å². The number of nitrogens with zero attached hydrogens (tertiary/aromatic N) is 1. The molecular weight excluding hydrogens is 208 g/mol. The standard InChI is InChI=1S/C15H32N2/c1-12(2)14(4)17(5)10-8-13(3)15-7-6-9-16-11-15/h12-16H,6-11H2,1-5H3. The second-order valence-corrected chi connectivity index (χ2v) is 6.34. The zero-order valence-electron chi connectivity index (χ0n) is 12.5. The van der Waals surface area contributed by atoms with Gasteiger partial charge >= 0.3 is 0 Å². The molecular formula is C15H32N2. The predicted molar refractivity (Wildman–Crippen MR) is 76.3 cm³/mol. The first-order chi connectivity index (χ1) is 8.02. The number of rotatable bonds is 6. The first-order valence-electron chi connectivity index (χ1n) is 7.43. The van der Waals surface area contributed by atoms with Crippen LogP contribution in [0.3, 0.4) is 0 Å². The highest BCUT2D eigenvalue weighted by molar-refractivity contribution is 4.75. The molecule has 102 valence electrons. The van der Waals surface area contributed by atoms with Crippen molar-refractivity contribution in [3.8, 4) is 0 Å². The van der Waals surface area contributed by atoms with Gasteiger partial charge < -0.3 is 10.2 Å². The van der Waals surface area contributed by atoms with Gasteiger partial charge in [-0.1, -0.05) is 20.8 Å². The van der Waals surface area contributed by atoms with Crippen molar-refractivity contribution in [2.45, 2.75) is 53.0 Å². The minimum atomic E-state index is 0.701. The fourth-order valence-corrected chi connectivity index (χ4v) is 2.72. The normalized spacial score (nSPS) is 25.2. The van der Waals surface area contributed by atoms with Crippen LogP contribution in [0.4, 0.5) is 0 Å². The van der Waals surface area contributed by atoms with Crippen LogP contribution in [0.15, 0.2) is 0 Å². The van der Waals surface area contributed by atoms with Crippen molar-refractivity contribution in [2.24, 2.45) is 17.8 Å². The lowest BCUT2D eigenvalue weighted by Crippen LogP contribution is -2.37. The molecule has 1 fully saturated rings. The van der Waals surface area contributed by atoms with Gasteiger partial charge in [0.1, 0.15) is 0 Å². The molecule has 3 atom stereocenters. The summed E-state index contributed by atoms with van der Waals surface area (Å²) in [6.45, 7) is 13.1. The molecule has 1 aliphatic heterocycles. The third-order valence-electron chi connectivity index (χ3n) is 4.74. The predicted octanol–water partition coefficient (Wildman–Crippen LogP) is 2.99. The zero-order chi connectivity index (χ0) is 12.8. The minimum absolute atomic E-state index is 0.701. The third kappa shape index (κ3) is 4.97. The van der Waals surface area contributed by atoms with Gasteiger partial charge in [0.2, 0.25) is 0 Å². The van der Waals surface area contributed by atoms with Crippen molar-refractivity contribution in [1.29, 1.82) is 0 Å². The summed E-state index contributed by atoms with van der Waals surface area (Å²) in [4.78, 5) is 2.53. The maximum absolute atomic E-state index is 3.53. The van der Waals surface area contributed by atoms with Gasteiger partial charge in [-0.25, -0.2) is 0 Å². The summed E-state index contributed by atoms with van der Waals surface area (Å²) < 4.78 is 0. The van der Waals surface area contributed by atoms with Crippen LogP contribution in [0.1, 0.15) is 47.0 Å². The van der Waals surface area contributed by atoms with E-state index >= 15 is 0 Å². The average molecular weight is 240 g/mol. The number of hydrogen-bond donors (Lipinski definition) is 1. The summed E-state index contributed by atoms with van der Waals surface area (Å²) in [5.74, 6) is 2.53. The Morgan fingerprint density at radius 2 is 1.94 bits per heavy atom. The highest BCUT2D eigenvalue weighted by atomic mass is 15.1. The molecule has 2 heteroatoms. The first kappa shape index (κ1) is 15.0. The van der Waals surface area contributed by atoms with Gasteiger partial charge in [0.15, 0.2) is 0 Å². The molecule has 3 unspecified atom stereocenters. The average Bonchev–Trinajstić information content (AvgIpc) is 2.35. The molecule has 1 saturated heterocycles. The Morgan fingerprint density at radius 1 is 1.24 bits per heavy atom. The number of nitrogens with one attached hydrogen (secondary N) is 1. The third-order valence-corrected chi connectivity index (χ3v) is 4.74. The lowest BCUT2D eigenvalue weighted by Gasteiger charge is -2.32. The summed E-state index contributed by atoms with van der Waals surface area (Å²) >= 11 is 0. The summed E-state index contributed by atoms with van der Waals surface area (Å²) in [6, 6.07) is 0.701. The molecule has 0 aliphatic carbocycles. The largest absolute Gasteiger partial charge is 0.316 e. The van der Waals surface area contributed by atoms with E-state index in [2.05, 4.69) is 45.0 Å². The molecule has 0 spiro atoms. The van der Waals surface area contributed by atoms with E-state index in [9.17, 15) is 0 Å². The van der Waals surface area contributed by atoms with Crippen LogP contribution >= 0.6 is 0 Å². The molecule has 0 bridgehead atoms. The highest BCUT2D eigenvalue weighted by Crippen LogP contribution is 2.23. The van der Waals surface area contributed by atoms with Crippen LogP contribution < -0.4 is 5.32 Å². The van der Waals surface area contributed by atoms with Gasteiger partial charge in [-0.15, -0.1) is 0 Å². The van der Waals surface area contributed by atoms with Crippen molar-refractivity contribution >= 4 is 0 Å². The summed E-state index contributed by atoms with van der Waals surface area (Å²) in [6.07, 6.45) is 4.14. The van der Waals surface area contributed by atoms with Gasteiger partial charge in [0.25, 0.3) is 0 Å². The van der Waals surface area contributed by atoms with E-state index in [0.29, 0.717) is 6.04 Å². The van der Waals surface area contributed by atoms with Crippen LogP contribution in [-0.4, -0.2) is 37.6 Å². The maximum Gasteiger partial charge on any atom is 0.00868 e. The first-order valence-corrected chi connectivity index (χ1v) is 7.43. The zero-order valence-corrected chi connectivity index (χ0v) is 12.5. The molecule has 1 heterocycles. The lowest BCUT2D eigenvalue weighted by molar-refractivity contribution is 0.177. The van der Waals surface area contributed by atoms with Crippen molar-refractivity contribution in [3.05, 3.63) is 0 Å². The van der Waals surface area contributed by atoms with Crippen LogP contribution in [-0.2, 0) is 0 Å². The molecule has 1 rings (SSSR count). The Kier molecular flexibility index (Phi) is 6.50. The summed E-state index contributed by atoms with van der Waals surface area (Å²) in [5, 5.41) is 3.53. The van der Waals surface area contributed by atoms with Gasteiger partial charge in [-0.05, 0) is 70.6 Å². The Bertz CT molecular complexity index is 197. The molecule has 1 aliphatic rings. The Morgan fingerprint density at radius 3 is 2.47 bits per heavy atom. The minimum Gasteiger partial charge on any atom is -0.316 e. The number of hydrogen-bond acceptors (Lipinski definition) is 2. The summed E-state index contributed by atoms with van der Waals surface area (Å²) in [5.41, 5.74) is 0. The van der Waals surface area contributed by atoms with Gasteiger partial charge in [0.05, 0.1) is 0 Å². The Balaban J connectivity index is 2.24. The molecule has 17 heavy (non-hydrogen) atoms. The van der Waals surface area contributed by atoms with E-state index in [-0.39, 0.29) is 0 Å². The monoisotopic (exact) mass is 240 g/mol. The second-order valence-electron chi connectivity index (χ2n) is 6.34. The van der Waals surface area contributed by atoms with Crippen molar-refractivity contribution < 1.29 is 0 Å². The SMILES string of the molecule is CC(C)C(C)N(C)CCC(C)C1CCCNC1. The Hall–Kier alpha value is -0.0800. The number of piperidine rings is 1. The van der Waals surface area contributed by atoms with Crippen LogP contribution in [0.25, 0.3) is 0 Å². The van der Waals surface area contributed by atoms with E-state index in [1.165, 1.54) is 38.9 Å². The molecule has 0 aromatic rings. The maximum atomic E-state index is 3.53. The van der Waals surface area contributed by atoms with E-state index in [4.69, 9.17) is 0 Å². The highest BCUT2D eigenvalue weighted by Gasteiger charge is 2.21. The lowest BCUT2D eigenvalue weighted by atomic mass is 9.85. The molecule has 2 nitrogen and oxygen atoms in total. The van der Waals surface area contributed by atoms with Crippen LogP contribution in [0, 0.1) is 17.8 Å².